The summed E-state index contributed by atoms with van der Waals surface area (Å²) in [6.07, 6.45) is 8.57. The van der Waals surface area contributed by atoms with Crippen molar-refractivity contribution in [2.24, 2.45) is 0 Å². The first-order valence-electron chi connectivity index (χ1n) is 7.46. The molecule has 0 fully saturated rings. The summed E-state index contributed by atoms with van der Waals surface area (Å²) in [4.78, 5) is 8.57. The maximum absolute atomic E-state index is 5.45. The maximum Gasteiger partial charge on any atom is 0.141 e. The second-order valence-corrected chi connectivity index (χ2v) is 4.99. The molecule has 0 amide bonds. The van der Waals surface area contributed by atoms with Crippen LogP contribution in [-0.4, -0.2) is 23.6 Å². The summed E-state index contributed by atoms with van der Waals surface area (Å²) < 4.78 is 5.45. The van der Waals surface area contributed by atoms with Crippen LogP contribution in [0.15, 0.2) is 42.9 Å². The number of methoxy groups -OCH3 is 1. The third kappa shape index (κ3) is 4.53. The molecular weight excluding hydrogens is 262 g/mol. The topological polar surface area (TPSA) is 47.0 Å². The van der Waals surface area contributed by atoms with E-state index >= 15 is 0 Å². The van der Waals surface area contributed by atoms with Gasteiger partial charge in [0.25, 0.3) is 0 Å². The lowest BCUT2D eigenvalue weighted by Crippen LogP contribution is -2.24. The minimum absolute atomic E-state index is 0.203. The number of aryl methyl sites for hydroxylation is 1. The molecule has 1 unspecified atom stereocenters. The van der Waals surface area contributed by atoms with Crippen LogP contribution in [0.4, 0.5) is 0 Å². The predicted octanol–water partition coefficient (Wildman–Crippen LogP) is 3.16. The number of pyridine rings is 2. The van der Waals surface area contributed by atoms with Crippen LogP contribution >= 0.6 is 0 Å². The molecule has 0 aliphatic heterocycles. The van der Waals surface area contributed by atoms with Gasteiger partial charge in [0.1, 0.15) is 5.75 Å². The van der Waals surface area contributed by atoms with Gasteiger partial charge < -0.3 is 10.1 Å². The predicted molar refractivity (Wildman–Crippen MR) is 84.4 cm³/mol. The standard InChI is InChI=1S/C17H23N3O/c1-3-10-19-15(7-6-14-8-12-18-13-9-14)17-16(21-2)5-4-11-20-17/h4-5,8-9,11-13,15,19H,3,6-7,10H2,1-2H3. The van der Waals surface area contributed by atoms with Gasteiger partial charge >= 0.3 is 0 Å². The van der Waals surface area contributed by atoms with Gasteiger partial charge in [-0.3, -0.25) is 9.97 Å². The molecule has 0 aliphatic carbocycles. The highest BCUT2D eigenvalue weighted by atomic mass is 16.5. The molecule has 0 saturated heterocycles. The quantitative estimate of drug-likeness (QED) is 0.809. The van der Waals surface area contributed by atoms with Gasteiger partial charge in [0, 0.05) is 18.6 Å². The second-order valence-electron chi connectivity index (χ2n) is 4.99. The molecule has 0 aromatic carbocycles. The van der Waals surface area contributed by atoms with E-state index in [0.717, 1.165) is 37.3 Å². The Bertz CT molecular complexity index is 531. The Hall–Kier alpha value is -1.94. The van der Waals surface area contributed by atoms with Gasteiger partial charge in [0.2, 0.25) is 0 Å². The highest BCUT2D eigenvalue weighted by Crippen LogP contribution is 2.25. The Morgan fingerprint density at radius 2 is 2.00 bits per heavy atom. The highest BCUT2D eigenvalue weighted by molar-refractivity contribution is 5.29. The van der Waals surface area contributed by atoms with Gasteiger partial charge in [-0.25, -0.2) is 0 Å². The summed E-state index contributed by atoms with van der Waals surface area (Å²) in [5.41, 5.74) is 2.28. The number of ether oxygens (including phenoxy) is 1. The van der Waals surface area contributed by atoms with Crippen molar-refractivity contribution < 1.29 is 4.74 Å². The van der Waals surface area contributed by atoms with E-state index in [1.54, 1.807) is 7.11 Å². The molecule has 2 aromatic rings. The van der Waals surface area contributed by atoms with Crippen molar-refractivity contribution in [2.75, 3.05) is 13.7 Å². The maximum atomic E-state index is 5.45. The summed E-state index contributed by atoms with van der Waals surface area (Å²) in [5.74, 6) is 0.848. The Kier molecular flexibility index (Phi) is 6.16. The zero-order valence-corrected chi connectivity index (χ0v) is 12.7. The van der Waals surface area contributed by atoms with Gasteiger partial charge in [-0.1, -0.05) is 6.92 Å². The lowest BCUT2D eigenvalue weighted by molar-refractivity contribution is 0.389. The van der Waals surface area contributed by atoms with Gasteiger partial charge in [-0.15, -0.1) is 0 Å². The highest BCUT2D eigenvalue weighted by Gasteiger charge is 2.16. The second kappa shape index (κ2) is 8.37. The van der Waals surface area contributed by atoms with Crippen LogP contribution in [0.5, 0.6) is 5.75 Å². The number of nitrogens with one attached hydrogen (secondary N) is 1. The van der Waals surface area contributed by atoms with Crippen molar-refractivity contribution in [3.8, 4) is 5.75 Å². The zero-order valence-electron chi connectivity index (χ0n) is 12.7. The average molecular weight is 285 g/mol. The molecule has 4 nitrogen and oxygen atoms in total. The van der Waals surface area contributed by atoms with Crippen LogP contribution in [0.3, 0.4) is 0 Å². The SMILES string of the molecule is CCCNC(CCc1ccncc1)c1ncccc1OC. The van der Waals surface area contributed by atoms with E-state index in [2.05, 4.69) is 34.3 Å². The van der Waals surface area contributed by atoms with Crippen molar-refractivity contribution in [1.29, 1.82) is 0 Å². The van der Waals surface area contributed by atoms with Crippen molar-refractivity contribution in [3.63, 3.8) is 0 Å². The lowest BCUT2D eigenvalue weighted by atomic mass is 10.0. The van der Waals surface area contributed by atoms with Crippen LogP contribution in [0.25, 0.3) is 0 Å². The summed E-state index contributed by atoms with van der Waals surface area (Å²) in [6.45, 7) is 3.14. The normalized spacial score (nSPS) is 12.1. The van der Waals surface area contributed by atoms with E-state index in [0.29, 0.717) is 0 Å². The van der Waals surface area contributed by atoms with Crippen molar-refractivity contribution >= 4 is 0 Å². The fraction of sp³-hybridized carbons (Fsp3) is 0.412. The fourth-order valence-corrected chi connectivity index (χ4v) is 2.35. The first-order chi connectivity index (χ1) is 10.3. The van der Waals surface area contributed by atoms with Crippen LogP contribution in [0.2, 0.25) is 0 Å². The summed E-state index contributed by atoms with van der Waals surface area (Å²) in [7, 11) is 1.69. The molecule has 21 heavy (non-hydrogen) atoms. The molecule has 0 spiro atoms. The molecule has 2 heterocycles. The number of nitrogens with zero attached hydrogens (tertiary/aromatic N) is 2. The Balaban J connectivity index is 2.10. The van der Waals surface area contributed by atoms with E-state index in [-0.39, 0.29) is 6.04 Å². The monoisotopic (exact) mass is 285 g/mol. The molecule has 2 aromatic heterocycles. The molecular formula is C17H23N3O. The molecule has 0 saturated carbocycles. The van der Waals surface area contributed by atoms with E-state index in [9.17, 15) is 0 Å². The largest absolute Gasteiger partial charge is 0.495 e. The number of hydrogen-bond acceptors (Lipinski definition) is 4. The van der Waals surface area contributed by atoms with Crippen LogP contribution in [0, 0.1) is 0 Å². The molecule has 1 N–H and O–H groups in total. The number of rotatable bonds is 8. The van der Waals surface area contributed by atoms with E-state index in [1.165, 1.54) is 5.56 Å². The van der Waals surface area contributed by atoms with Crippen LogP contribution < -0.4 is 10.1 Å². The van der Waals surface area contributed by atoms with E-state index < -0.39 is 0 Å². The molecule has 0 radical (unpaired) electrons. The van der Waals surface area contributed by atoms with Crippen LogP contribution in [0.1, 0.15) is 37.1 Å². The van der Waals surface area contributed by atoms with Crippen molar-refractivity contribution in [2.45, 2.75) is 32.2 Å². The average Bonchev–Trinajstić information content (AvgIpc) is 2.56. The third-order valence-electron chi connectivity index (χ3n) is 3.46. The van der Waals surface area contributed by atoms with Gasteiger partial charge in [0.05, 0.1) is 18.8 Å². The van der Waals surface area contributed by atoms with Crippen molar-refractivity contribution in [1.82, 2.24) is 15.3 Å². The Morgan fingerprint density at radius 3 is 2.71 bits per heavy atom. The van der Waals surface area contributed by atoms with E-state index in [4.69, 9.17) is 4.74 Å². The molecule has 1 atom stereocenters. The lowest BCUT2D eigenvalue weighted by Gasteiger charge is -2.20. The summed E-state index contributed by atoms with van der Waals surface area (Å²) in [6, 6.07) is 8.20. The van der Waals surface area contributed by atoms with Crippen molar-refractivity contribution in [3.05, 3.63) is 54.1 Å². The fourth-order valence-electron chi connectivity index (χ4n) is 2.35. The van der Waals surface area contributed by atoms with Crippen LogP contribution in [-0.2, 0) is 6.42 Å². The molecule has 112 valence electrons. The number of aromatic nitrogens is 2. The minimum atomic E-state index is 0.203. The first-order valence-corrected chi connectivity index (χ1v) is 7.46. The molecule has 4 heteroatoms. The Labute approximate surface area is 126 Å². The minimum Gasteiger partial charge on any atom is -0.495 e. The molecule has 0 bridgehead atoms. The van der Waals surface area contributed by atoms with E-state index in [1.807, 2.05) is 30.7 Å². The Morgan fingerprint density at radius 1 is 1.19 bits per heavy atom. The van der Waals surface area contributed by atoms with Gasteiger partial charge in [-0.2, -0.15) is 0 Å². The first kappa shape index (κ1) is 15.4. The summed E-state index contributed by atoms with van der Waals surface area (Å²) in [5, 5.41) is 3.57. The smallest absolute Gasteiger partial charge is 0.141 e. The molecule has 0 aliphatic rings. The van der Waals surface area contributed by atoms with Gasteiger partial charge in [-0.05, 0) is 55.6 Å². The molecule has 2 rings (SSSR count). The third-order valence-corrected chi connectivity index (χ3v) is 3.46. The van der Waals surface area contributed by atoms with Gasteiger partial charge in [0.15, 0.2) is 0 Å². The summed E-state index contributed by atoms with van der Waals surface area (Å²) >= 11 is 0. The zero-order chi connectivity index (χ0) is 14.9. The number of hydrogen-bond donors (Lipinski definition) is 1.